The van der Waals surface area contributed by atoms with Crippen molar-refractivity contribution in [3.05, 3.63) is 52.8 Å². The average molecular weight is 261 g/mol. The van der Waals surface area contributed by atoms with Gasteiger partial charge in [-0.15, -0.1) is 6.58 Å². The van der Waals surface area contributed by atoms with E-state index in [4.69, 9.17) is 11.6 Å². The molecule has 0 N–H and O–H groups in total. The predicted molar refractivity (Wildman–Crippen MR) is 77.0 cm³/mol. The van der Waals surface area contributed by atoms with Crippen molar-refractivity contribution in [2.24, 2.45) is 7.05 Å². The molecule has 2 aromatic rings. The van der Waals surface area contributed by atoms with Crippen molar-refractivity contribution in [2.75, 3.05) is 0 Å². The fourth-order valence-electron chi connectivity index (χ4n) is 2.29. The molecule has 0 aliphatic heterocycles. The minimum Gasteiger partial charge on any atom is -0.275 e. The van der Waals surface area contributed by atoms with Crippen LogP contribution in [0, 0.1) is 13.8 Å². The molecule has 0 fully saturated rings. The molecule has 2 rings (SSSR count). The molecule has 0 aliphatic rings. The van der Waals surface area contributed by atoms with Crippen LogP contribution in [0.3, 0.4) is 0 Å². The molecule has 18 heavy (non-hydrogen) atoms. The summed E-state index contributed by atoms with van der Waals surface area (Å²) in [5, 5.41) is 5.15. The Hall–Kier alpha value is -1.54. The van der Waals surface area contributed by atoms with E-state index in [1.807, 2.05) is 37.0 Å². The van der Waals surface area contributed by atoms with Gasteiger partial charge in [-0.1, -0.05) is 23.7 Å². The van der Waals surface area contributed by atoms with Crippen molar-refractivity contribution in [1.29, 1.82) is 0 Å². The third kappa shape index (κ3) is 2.34. The van der Waals surface area contributed by atoms with Gasteiger partial charge in [0.1, 0.15) is 0 Å². The summed E-state index contributed by atoms with van der Waals surface area (Å²) in [6.45, 7) is 7.84. The molecule has 0 spiro atoms. The molecular weight excluding hydrogens is 244 g/mol. The maximum absolute atomic E-state index is 6.41. The zero-order chi connectivity index (χ0) is 13.3. The molecule has 3 heteroatoms. The van der Waals surface area contributed by atoms with Crippen molar-refractivity contribution in [1.82, 2.24) is 9.78 Å². The lowest BCUT2D eigenvalue weighted by Gasteiger charge is -2.10. The highest BCUT2D eigenvalue weighted by Crippen LogP contribution is 2.34. The first kappa shape index (κ1) is 12.9. The Balaban J connectivity index is 2.58. The lowest BCUT2D eigenvalue weighted by molar-refractivity contribution is 0.756. The van der Waals surface area contributed by atoms with Gasteiger partial charge in [0.2, 0.25) is 0 Å². The lowest BCUT2D eigenvalue weighted by Crippen LogP contribution is -1.90. The number of hydrogen-bond acceptors (Lipinski definition) is 1. The number of aryl methyl sites for hydroxylation is 3. The van der Waals surface area contributed by atoms with Crippen LogP contribution < -0.4 is 0 Å². The summed E-state index contributed by atoms with van der Waals surface area (Å²) < 4.78 is 1.82. The third-order valence-corrected chi connectivity index (χ3v) is 3.31. The van der Waals surface area contributed by atoms with E-state index in [0.29, 0.717) is 0 Å². The van der Waals surface area contributed by atoms with Gasteiger partial charge in [-0.3, -0.25) is 4.68 Å². The highest BCUT2D eigenvalue weighted by atomic mass is 35.5. The summed E-state index contributed by atoms with van der Waals surface area (Å²) in [6, 6.07) is 4.17. The number of benzene rings is 1. The number of nitrogens with zero attached hydrogens (tertiary/aromatic N) is 2. The van der Waals surface area contributed by atoms with Crippen LogP contribution in [0.2, 0.25) is 5.02 Å². The van der Waals surface area contributed by atoms with Gasteiger partial charge in [-0.2, -0.15) is 5.10 Å². The van der Waals surface area contributed by atoms with Crippen LogP contribution in [-0.2, 0) is 13.5 Å². The quantitative estimate of drug-likeness (QED) is 0.760. The normalized spacial score (nSPS) is 10.7. The van der Waals surface area contributed by atoms with Crippen LogP contribution in [0.15, 0.2) is 31.0 Å². The molecule has 2 nitrogen and oxygen atoms in total. The highest BCUT2D eigenvalue weighted by Gasteiger charge is 2.13. The van der Waals surface area contributed by atoms with Crippen LogP contribution in [0.1, 0.15) is 16.8 Å². The fraction of sp³-hybridized carbons (Fsp3) is 0.267. The Morgan fingerprint density at radius 3 is 2.61 bits per heavy atom. The zero-order valence-electron chi connectivity index (χ0n) is 11.0. The second-order valence-electron chi connectivity index (χ2n) is 4.56. The summed E-state index contributed by atoms with van der Waals surface area (Å²) in [6.07, 6.45) is 4.74. The molecule has 0 aliphatic carbocycles. The second-order valence-corrected chi connectivity index (χ2v) is 4.97. The van der Waals surface area contributed by atoms with E-state index in [1.165, 1.54) is 11.1 Å². The highest BCUT2D eigenvalue weighted by molar-refractivity contribution is 6.33. The molecule has 0 saturated carbocycles. The van der Waals surface area contributed by atoms with Crippen molar-refractivity contribution in [2.45, 2.75) is 20.3 Å². The molecular formula is C15H17ClN2. The fourth-order valence-corrected chi connectivity index (χ4v) is 2.68. The summed E-state index contributed by atoms with van der Waals surface area (Å²) >= 11 is 6.41. The maximum atomic E-state index is 6.41. The average Bonchev–Trinajstić information content (AvgIpc) is 2.57. The Labute approximate surface area is 113 Å². The minimum absolute atomic E-state index is 0.781. The number of halogens is 1. The Kier molecular flexibility index (Phi) is 3.58. The lowest BCUT2D eigenvalue weighted by atomic mass is 9.98. The van der Waals surface area contributed by atoms with Crippen molar-refractivity contribution in [3.63, 3.8) is 0 Å². The first-order valence-electron chi connectivity index (χ1n) is 5.93. The standard InChI is InChI=1S/C15H17ClN2/c1-5-6-12-7-10(2)15(14(16)8-12)13-9-18(4)17-11(13)3/h5,7-9H,1,6H2,2-4H3. The van der Waals surface area contributed by atoms with Gasteiger partial charge in [0, 0.05) is 29.4 Å². The Bertz CT molecular complexity index is 574. The molecule has 1 heterocycles. The second kappa shape index (κ2) is 4.99. The van der Waals surface area contributed by atoms with Crippen LogP contribution in [0.5, 0.6) is 0 Å². The number of hydrogen-bond donors (Lipinski definition) is 0. The first-order chi connectivity index (χ1) is 8.52. The summed E-state index contributed by atoms with van der Waals surface area (Å²) in [7, 11) is 1.92. The molecule has 1 aromatic heterocycles. The van der Waals surface area contributed by atoms with Gasteiger partial charge in [-0.25, -0.2) is 0 Å². The number of rotatable bonds is 3. The third-order valence-electron chi connectivity index (χ3n) is 3.01. The molecule has 0 unspecified atom stereocenters. The Morgan fingerprint density at radius 2 is 2.11 bits per heavy atom. The van der Waals surface area contributed by atoms with E-state index < -0.39 is 0 Å². The van der Waals surface area contributed by atoms with Gasteiger partial charge in [0.25, 0.3) is 0 Å². The maximum Gasteiger partial charge on any atom is 0.0672 e. The Morgan fingerprint density at radius 1 is 1.39 bits per heavy atom. The molecule has 0 amide bonds. The summed E-state index contributed by atoms with van der Waals surface area (Å²) in [5.41, 5.74) is 5.55. The molecule has 1 aromatic carbocycles. The van der Waals surface area contributed by atoms with Crippen LogP contribution in [-0.4, -0.2) is 9.78 Å². The molecule has 0 saturated heterocycles. The van der Waals surface area contributed by atoms with E-state index >= 15 is 0 Å². The molecule has 0 atom stereocenters. The largest absolute Gasteiger partial charge is 0.275 e. The van der Waals surface area contributed by atoms with Crippen molar-refractivity contribution >= 4 is 11.6 Å². The number of aromatic nitrogens is 2. The van der Waals surface area contributed by atoms with E-state index in [0.717, 1.165) is 28.3 Å². The van der Waals surface area contributed by atoms with E-state index in [1.54, 1.807) is 0 Å². The monoisotopic (exact) mass is 260 g/mol. The smallest absolute Gasteiger partial charge is 0.0672 e. The van der Waals surface area contributed by atoms with Crippen LogP contribution >= 0.6 is 11.6 Å². The molecule has 94 valence electrons. The van der Waals surface area contributed by atoms with E-state index in [2.05, 4.69) is 24.7 Å². The topological polar surface area (TPSA) is 17.8 Å². The SMILES string of the molecule is C=CCc1cc(C)c(-c2cn(C)nc2C)c(Cl)c1. The number of allylic oxidation sites excluding steroid dienone is 1. The van der Waals surface area contributed by atoms with Crippen LogP contribution in [0.4, 0.5) is 0 Å². The van der Waals surface area contributed by atoms with E-state index in [-0.39, 0.29) is 0 Å². The van der Waals surface area contributed by atoms with Gasteiger partial charge in [-0.05, 0) is 37.5 Å². The predicted octanol–water partition coefficient (Wildman–Crippen LogP) is 4.09. The zero-order valence-corrected chi connectivity index (χ0v) is 11.8. The van der Waals surface area contributed by atoms with Crippen molar-refractivity contribution in [3.8, 4) is 11.1 Å². The minimum atomic E-state index is 0.781. The molecule has 0 bridgehead atoms. The van der Waals surface area contributed by atoms with Gasteiger partial charge in [0.15, 0.2) is 0 Å². The van der Waals surface area contributed by atoms with E-state index in [9.17, 15) is 0 Å². The van der Waals surface area contributed by atoms with Gasteiger partial charge >= 0.3 is 0 Å². The van der Waals surface area contributed by atoms with Crippen LogP contribution in [0.25, 0.3) is 11.1 Å². The summed E-state index contributed by atoms with van der Waals surface area (Å²) in [5.74, 6) is 0. The first-order valence-corrected chi connectivity index (χ1v) is 6.31. The summed E-state index contributed by atoms with van der Waals surface area (Å²) in [4.78, 5) is 0. The van der Waals surface area contributed by atoms with Crippen molar-refractivity contribution < 1.29 is 0 Å². The van der Waals surface area contributed by atoms with Gasteiger partial charge < -0.3 is 0 Å². The molecule has 0 radical (unpaired) electrons. The van der Waals surface area contributed by atoms with Gasteiger partial charge in [0.05, 0.1) is 5.69 Å².